The van der Waals surface area contributed by atoms with Crippen LogP contribution in [0.15, 0.2) is 185 Å². The number of carbonyl (C=O) groups is 1. The second-order valence-corrected chi connectivity index (χ2v) is 12.6. The maximum atomic E-state index is 12.8. The highest BCUT2D eigenvalue weighted by molar-refractivity contribution is 7.99. The molecule has 1 aliphatic carbocycles. The van der Waals surface area contributed by atoms with Gasteiger partial charge in [0.2, 0.25) is 0 Å². The number of carbonyl (C=O) groups excluding carboxylic acids is 1. The van der Waals surface area contributed by atoms with Crippen LogP contribution in [0.25, 0.3) is 21.9 Å². The predicted molar refractivity (Wildman–Crippen MR) is 195 cm³/mol. The molecule has 0 saturated heterocycles. The molecule has 0 radical (unpaired) electrons. The lowest BCUT2D eigenvalue weighted by atomic mass is 9.97. The maximum Gasteiger partial charge on any atom is 0.270 e. The fraction of sp³-hybridized carbons (Fsp3) is 0.0476. The van der Waals surface area contributed by atoms with E-state index >= 15 is 0 Å². The minimum absolute atomic E-state index is 0.215. The van der Waals surface area contributed by atoms with E-state index in [0.29, 0.717) is 11.1 Å². The van der Waals surface area contributed by atoms with Crippen LogP contribution >= 0.6 is 24.0 Å². The number of allylic oxidation sites excluding steroid dienone is 4. The van der Waals surface area contributed by atoms with Gasteiger partial charge in [0, 0.05) is 32.9 Å². The Balaban J connectivity index is 0.000000203. The van der Waals surface area contributed by atoms with Gasteiger partial charge in [-0.25, -0.2) is 8.78 Å². The average Bonchev–Trinajstić information content (AvgIpc) is 3.12. The lowest BCUT2D eigenvalue weighted by Crippen LogP contribution is -2.15. The molecule has 0 aromatic heterocycles. The average molecular weight is 653 g/mol. The highest BCUT2D eigenvalue weighted by atomic mass is 32.2. The Labute approximate surface area is 283 Å². The monoisotopic (exact) mass is 652 g/mol. The van der Waals surface area contributed by atoms with Crippen molar-refractivity contribution in [3.63, 3.8) is 0 Å². The third-order valence-corrected chi connectivity index (χ3v) is 9.22. The van der Waals surface area contributed by atoms with Crippen LogP contribution in [0.2, 0.25) is 0 Å². The van der Waals surface area contributed by atoms with E-state index in [1.54, 1.807) is 42.1 Å². The summed E-state index contributed by atoms with van der Waals surface area (Å²) in [7, 11) is 0. The fourth-order valence-corrected chi connectivity index (χ4v) is 6.65. The summed E-state index contributed by atoms with van der Waals surface area (Å²) in [6.45, 7) is 0. The number of thiocarbonyl (C=S) groups is 1. The number of benzene rings is 6. The number of hydrogen-bond acceptors (Lipinski definition) is 3. The first-order chi connectivity index (χ1) is 22.9. The van der Waals surface area contributed by atoms with Crippen LogP contribution in [-0.4, -0.2) is 16.6 Å². The molecule has 230 valence electrons. The Morgan fingerprint density at radius 3 is 1.91 bits per heavy atom. The summed E-state index contributed by atoms with van der Waals surface area (Å²) in [6, 6.07) is 51.1. The standard InChI is InChI=1S/C29H20S2.C13H10F2O/c30-29(23-12-5-2-6-13-23)27-18-16-25(21-9-3-1-4-10-21)20-28(27)31-26-17-15-22-11-7-8-14-24(22)19-26;14-13(15)8-6-11(7-9-13)12(16)10-4-2-1-3-5-10/h1-20H;1-8H,9H2. The molecule has 0 fully saturated rings. The largest absolute Gasteiger partial charge is 0.289 e. The molecule has 0 amide bonds. The summed E-state index contributed by atoms with van der Waals surface area (Å²) in [5.41, 5.74) is 5.42. The molecule has 0 atom stereocenters. The van der Waals surface area contributed by atoms with Gasteiger partial charge in [-0.15, -0.1) is 0 Å². The third-order valence-electron chi connectivity index (χ3n) is 7.72. The number of Topliss-reactive ketones (excluding diaryl/α,β-unsaturated/α-hetero) is 1. The molecule has 1 aliphatic rings. The predicted octanol–water partition coefficient (Wildman–Crippen LogP) is 11.8. The number of hydrogen-bond donors (Lipinski definition) is 0. The zero-order valence-corrected chi connectivity index (χ0v) is 27.0. The first-order valence-electron chi connectivity index (χ1n) is 15.2. The van der Waals surface area contributed by atoms with Crippen LogP contribution in [-0.2, 0) is 0 Å². The maximum absolute atomic E-state index is 12.8. The Hall–Kier alpha value is -4.97. The summed E-state index contributed by atoms with van der Waals surface area (Å²) >= 11 is 7.69. The smallest absolute Gasteiger partial charge is 0.270 e. The van der Waals surface area contributed by atoms with Crippen LogP contribution in [0, 0.1) is 0 Å². The van der Waals surface area contributed by atoms with E-state index in [-0.39, 0.29) is 5.78 Å². The number of rotatable bonds is 7. The first kappa shape index (κ1) is 32.0. The molecular formula is C42H30F2OS2. The highest BCUT2D eigenvalue weighted by Crippen LogP contribution is 2.36. The van der Waals surface area contributed by atoms with Crippen LogP contribution in [0.5, 0.6) is 0 Å². The van der Waals surface area contributed by atoms with Crippen molar-refractivity contribution in [3.8, 4) is 11.1 Å². The molecule has 6 aromatic carbocycles. The zero-order chi connectivity index (χ0) is 32.6. The van der Waals surface area contributed by atoms with E-state index in [1.165, 1.54) is 43.8 Å². The summed E-state index contributed by atoms with van der Waals surface area (Å²) < 4.78 is 25.6. The molecular weight excluding hydrogens is 623 g/mol. The molecule has 7 rings (SSSR count). The van der Waals surface area contributed by atoms with Crippen molar-refractivity contribution < 1.29 is 13.6 Å². The van der Waals surface area contributed by atoms with Gasteiger partial charge in [0.15, 0.2) is 5.78 Å². The van der Waals surface area contributed by atoms with Gasteiger partial charge < -0.3 is 0 Å². The summed E-state index contributed by atoms with van der Waals surface area (Å²) in [4.78, 5) is 15.1. The first-order valence-corrected chi connectivity index (χ1v) is 16.4. The second kappa shape index (κ2) is 14.6. The van der Waals surface area contributed by atoms with Crippen LogP contribution < -0.4 is 0 Å². The molecule has 0 N–H and O–H groups in total. The molecule has 0 bridgehead atoms. The summed E-state index contributed by atoms with van der Waals surface area (Å²) in [5.74, 6) is -3.03. The van der Waals surface area contributed by atoms with Gasteiger partial charge in [-0.1, -0.05) is 164 Å². The van der Waals surface area contributed by atoms with E-state index in [2.05, 4.69) is 97.1 Å². The second-order valence-electron chi connectivity index (χ2n) is 11.0. The molecule has 0 unspecified atom stereocenters. The van der Waals surface area contributed by atoms with Gasteiger partial charge in [-0.3, -0.25) is 4.79 Å². The number of ketones is 1. The molecule has 6 aromatic rings. The fourth-order valence-electron chi connectivity index (χ4n) is 5.23. The van der Waals surface area contributed by atoms with Gasteiger partial charge in [-0.2, -0.15) is 0 Å². The third kappa shape index (κ3) is 8.07. The number of halogens is 2. The number of alkyl halides is 2. The van der Waals surface area contributed by atoms with Gasteiger partial charge in [0.05, 0.1) is 4.86 Å². The van der Waals surface area contributed by atoms with Crippen molar-refractivity contribution in [1.82, 2.24) is 0 Å². The summed E-state index contributed by atoms with van der Waals surface area (Å²) in [5, 5.41) is 2.50. The minimum Gasteiger partial charge on any atom is -0.289 e. The Morgan fingerprint density at radius 1 is 0.638 bits per heavy atom. The molecule has 0 spiro atoms. The van der Waals surface area contributed by atoms with Crippen LogP contribution in [0.1, 0.15) is 27.9 Å². The van der Waals surface area contributed by atoms with Crippen molar-refractivity contribution in [3.05, 3.63) is 192 Å². The lowest BCUT2D eigenvalue weighted by Gasteiger charge is -2.14. The molecule has 0 aliphatic heterocycles. The normalized spacial score (nSPS) is 13.3. The highest BCUT2D eigenvalue weighted by Gasteiger charge is 2.27. The van der Waals surface area contributed by atoms with E-state index in [1.807, 2.05) is 24.3 Å². The zero-order valence-electron chi connectivity index (χ0n) is 25.4. The van der Waals surface area contributed by atoms with Crippen LogP contribution in [0.3, 0.4) is 0 Å². The van der Waals surface area contributed by atoms with E-state index < -0.39 is 12.3 Å². The van der Waals surface area contributed by atoms with Crippen molar-refractivity contribution in [2.75, 3.05) is 0 Å². The Morgan fingerprint density at radius 2 is 1.26 bits per heavy atom. The van der Waals surface area contributed by atoms with Crippen LogP contribution in [0.4, 0.5) is 8.78 Å². The van der Waals surface area contributed by atoms with Crippen molar-refractivity contribution >= 4 is 45.4 Å². The summed E-state index contributed by atoms with van der Waals surface area (Å²) in [6.07, 6.45) is 2.86. The number of fused-ring (bicyclic) bond motifs is 1. The van der Waals surface area contributed by atoms with Gasteiger partial charge >= 0.3 is 0 Å². The molecule has 0 saturated carbocycles. The van der Waals surface area contributed by atoms with E-state index in [4.69, 9.17) is 12.2 Å². The van der Waals surface area contributed by atoms with E-state index in [9.17, 15) is 13.6 Å². The Kier molecular flexibility index (Phi) is 9.96. The van der Waals surface area contributed by atoms with Gasteiger partial charge in [-0.05, 0) is 57.8 Å². The molecule has 0 heterocycles. The van der Waals surface area contributed by atoms with Crippen molar-refractivity contribution in [1.29, 1.82) is 0 Å². The molecule has 1 nitrogen and oxygen atoms in total. The molecule has 47 heavy (non-hydrogen) atoms. The topological polar surface area (TPSA) is 17.1 Å². The van der Waals surface area contributed by atoms with E-state index in [0.717, 1.165) is 22.1 Å². The minimum atomic E-state index is -2.82. The quantitative estimate of drug-likeness (QED) is 0.126. The van der Waals surface area contributed by atoms with Crippen molar-refractivity contribution in [2.45, 2.75) is 22.1 Å². The lowest BCUT2D eigenvalue weighted by molar-refractivity contribution is 0.0570. The SMILES string of the molecule is O=C(C1=CCC(F)(F)C=C1)c1ccccc1.S=C(c1ccccc1)c1ccc(-c2ccccc2)cc1Sc1ccc2ccccc2c1. The van der Waals surface area contributed by atoms with Gasteiger partial charge in [0.25, 0.3) is 5.92 Å². The van der Waals surface area contributed by atoms with Crippen molar-refractivity contribution in [2.24, 2.45) is 0 Å². The van der Waals surface area contributed by atoms with Gasteiger partial charge in [0.1, 0.15) is 0 Å². The molecule has 5 heteroatoms. The Bertz CT molecular complexity index is 2090.